The Hall–Kier alpha value is -2.32. The number of nitrogens with zero attached hydrogens (tertiary/aromatic N) is 1. The van der Waals surface area contributed by atoms with Gasteiger partial charge in [-0.15, -0.1) is 0 Å². The van der Waals surface area contributed by atoms with Crippen LogP contribution in [-0.2, 0) is 6.18 Å². The molecular formula is C20H29F3N4O. The third-order valence-corrected chi connectivity index (χ3v) is 3.86. The molecule has 1 unspecified atom stereocenters. The van der Waals surface area contributed by atoms with Crippen LogP contribution in [0.15, 0.2) is 36.7 Å². The molecule has 156 valence electrons. The van der Waals surface area contributed by atoms with Gasteiger partial charge in [0.1, 0.15) is 0 Å². The van der Waals surface area contributed by atoms with Gasteiger partial charge in [0.2, 0.25) is 0 Å². The van der Waals surface area contributed by atoms with Crippen molar-refractivity contribution in [2.45, 2.75) is 33.1 Å². The number of benzene rings is 1. The van der Waals surface area contributed by atoms with E-state index < -0.39 is 17.8 Å². The number of aliphatic hydroxyl groups excluding tert-OH is 1. The lowest BCUT2D eigenvalue weighted by atomic mass is 10.00. The van der Waals surface area contributed by atoms with E-state index in [2.05, 4.69) is 27.5 Å². The van der Waals surface area contributed by atoms with Crippen LogP contribution >= 0.6 is 0 Å². The zero-order valence-electron chi connectivity index (χ0n) is 16.7. The second-order valence-electron chi connectivity index (χ2n) is 5.96. The van der Waals surface area contributed by atoms with Gasteiger partial charge in [-0.1, -0.05) is 32.6 Å². The summed E-state index contributed by atoms with van der Waals surface area (Å²) in [4.78, 5) is 3.99. The Bertz CT molecular complexity index is 770. The smallest absolute Gasteiger partial charge is 0.387 e. The minimum Gasteiger partial charge on any atom is -0.387 e. The third-order valence-electron chi connectivity index (χ3n) is 3.86. The summed E-state index contributed by atoms with van der Waals surface area (Å²) in [6.07, 6.45) is -5.35. The SMILES string of the molecule is C=C1NCCN1.CC.CNCC(O)c1cc(C)nc2c(C(F)(F)F)cccc12. The van der Waals surface area contributed by atoms with Crippen molar-refractivity contribution in [1.82, 2.24) is 20.9 Å². The minimum absolute atomic E-state index is 0.120. The highest BCUT2D eigenvalue weighted by Crippen LogP contribution is 2.36. The highest BCUT2D eigenvalue weighted by molar-refractivity contribution is 5.86. The molecule has 5 nitrogen and oxygen atoms in total. The van der Waals surface area contributed by atoms with Gasteiger partial charge in [-0.2, -0.15) is 13.2 Å². The maximum absolute atomic E-state index is 13.0. The van der Waals surface area contributed by atoms with Crippen LogP contribution in [0.25, 0.3) is 10.9 Å². The van der Waals surface area contributed by atoms with Crippen molar-refractivity contribution in [3.63, 3.8) is 0 Å². The van der Waals surface area contributed by atoms with Crippen LogP contribution in [0.3, 0.4) is 0 Å². The summed E-state index contributed by atoms with van der Waals surface area (Å²) in [6.45, 7) is 11.6. The zero-order valence-corrected chi connectivity index (χ0v) is 16.7. The first kappa shape index (κ1) is 23.7. The minimum atomic E-state index is -4.47. The quantitative estimate of drug-likeness (QED) is 0.637. The summed E-state index contributed by atoms with van der Waals surface area (Å²) in [5, 5.41) is 19.2. The fourth-order valence-corrected chi connectivity index (χ4v) is 2.71. The molecule has 1 atom stereocenters. The number of rotatable bonds is 3. The number of hydrogen-bond donors (Lipinski definition) is 4. The molecule has 0 aliphatic carbocycles. The van der Waals surface area contributed by atoms with E-state index in [1.807, 2.05) is 13.8 Å². The largest absolute Gasteiger partial charge is 0.418 e. The molecule has 0 radical (unpaired) electrons. The van der Waals surface area contributed by atoms with Gasteiger partial charge >= 0.3 is 6.18 Å². The van der Waals surface area contributed by atoms with Crippen LogP contribution in [0, 0.1) is 6.92 Å². The number of fused-ring (bicyclic) bond motifs is 1. The van der Waals surface area contributed by atoms with Gasteiger partial charge in [0.15, 0.2) is 0 Å². The topological polar surface area (TPSA) is 69.2 Å². The number of para-hydroxylation sites is 1. The summed E-state index contributed by atoms with van der Waals surface area (Å²) in [5.41, 5.74) is -0.00550. The van der Waals surface area contributed by atoms with Crippen molar-refractivity contribution in [1.29, 1.82) is 0 Å². The van der Waals surface area contributed by atoms with E-state index in [1.54, 1.807) is 26.1 Å². The molecule has 0 bridgehead atoms. The van der Waals surface area contributed by atoms with Crippen LogP contribution in [0.2, 0.25) is 0 Å². The number of alkyl halides is 3. The highest BCUT2D eigenvalue weighted by atomic mass is 19.4. The Kier molecular flexibility index (Phi) is 9.21. The van der Waals surface area contributed by atoms with E-state index in [0.717, 1.165) is 25.0 Å². The second kappa shape index (κ2) is 10.9. The van der Waals surface area contributed by atoms with Crippen LogP contribution < -0.4 is 16.0 Å². The average molecular weight is 398 g/mol. The van der Waals surface area contributed by atoms with E-state index in [1.165, 1.54) is 6.07 Å². The number of aryl methyl sites for hydroxylation is 1. The maximum Gasteiger partial charge on any atom is 0.418 e. The van der Waals surface area contributed by atoms with Gasteiger partial charge in [0.05, 0.1) is 23.0 Å². The van der Waals surface area contributed by atoms with E-state index in [4.69, 9.17) is 0 Å². The molecule has 4 N–H and O–H groups in total. The van der Waals surface area contributed by atoms with Crippen molar-refractivity contribution in [2.24, 2.45) is 0 Å². The molecule has 1 aliphatic heterocycles. The number of likely N-dealkylation sites (N-methyl/N-ethyl adjacent to an activating group) is 1. The Balaban J connectivity index is 0.000000411. The van der Waals surface area contributed by atoms with Crippen molar-refractivity contribution in [2.75, 3.05) is 26.7 Å². The number of hydrogen-bond acceptors (Lipinski definition) is 5. The first-order valence-electron chi connectivity index (χ1n) is 9.20. The molecule has 3 rings (SSSR count). The normalized spacial score (nSPS) is 14.2. The Morgan fingerprint density at radius 2 is 1.86 bits per heavy atom. The Morgan fingerprint density at radius 1 is 1.25 bits per heavy atom. The molecule has 1 saturated heterocycles. The molecule has 0 amide bonds. The first-order valence-corrected chi connectivity index (χ1v) is 9.20. The van der Waals surface area contributed by atoms with E-state index in [9.17, 15) is 18.3 Å². The lowest BCUT2D eigenvalue weighted by Crippen LogP contribution is -2.17. The summed E-state index contributed by atoms with van der Waals surface area (Å²) >= 11 is 0. The number of aromatic nitrogens is 1. The Labute approximate surface area is 164 Å². The van der Waals surface area contributed by atoms with E-state index in [0.29, 0.717) is 16.6 Å². The van der Waals surface area contributed by atoms with Crippen LogP contribution in [0.1, 0.15) is 36.8 Å². The standard InChI is InChI=1S/C14H15F3N2O.C4H8N2.C2H6/c1-8-6-10(12(20)7-18-2)9-4-3-5-11(13(9)19-8)14(15,16)17;1-4-5-2-3-6-4;1-2/h3-6,12,18,20H,7H2,1-2H3;5-6H,1-3H2;1-2H3. The molecule has 8 heteroatoms. The van der Waals surface area contributed by atoms with Crippen molar-refractivity contribution >= 4 is 10.9 Å². The summed E-state index contributed by atoms with van der Waals surface area (Å²) < 4.78 is 39.0. The molecule has 0 spiro atoms. The molecule has 1 aliphatic rings. The van der Waals surface area contributed by atoms with Gasteiger partial charge in [0, 0.05) is 30.7 Å². The third kappa shape index (κ3) is 6.38. The molecule has 1 aromatic carbocycles. The number of nitrogens with one attached hydrogen (secondary N) is 3. The lowest BCUT2D eigenvalue weighted by Gasteiger charge is -2.16. The number of halogens is 3. The van der Waals surface area contributed by atoms with Crippen LogP contribution in [0.4, 0.5) is 13.2 Å². The maximum atomic E-state index is 13.0. The molecule has 2 heterocycles. The van der Waals surface area contributed by atoms with Crippen molar-refractivity contribution < 1.29 is 18.3 Å². The lowest BCUT2D eigenvalue weighted by molar-refractivity contribution is -0.136. The van der Waals surface area contributed by atoms with Gasteiger partial charge in [0.25, 0.3) is 0 Å². The van der Waals surface area contributed by atoms with Gasteiger partial charge < -0.3 is 21.1 Å². The average Bonchev–Trinajstić information content (AvgIpc) is 3.13. The van der Waals surface area contributed by atoms with Gasteiger partial charge in [-0.3, -0.25) is 4.98 Å². The van der Waals surface area contributed by atoms with Gasteiger partial charge in [-0.05, 0) is 31.7 Å². The van der Waals surface area contributed by atoms with Crippen molar-refractivity contribution in [3.05, 3.63) is 53.5 Å². The molecule has 1 aromatic heterocycles. The fraction of sp³-hybridized carbons (Fsp3) is 0.450. The van der Waals surface area contributed by atoms with Crippen LogP contribution in [-0.4, -0.2) is 36.8 Å². The van der Waals surface area contributed by atoms with E-state index >= 15 is 0 Å². The monoisotopic (exact) mass is 398 g/mol. The van der Waals surface area contributed by atoms with Crippen LogP contribution in [0.5, 0.6) is 0 Å². The predicted molar refractivity (Wildman–Crippen MR) is 107 cm³/mol. The second-order valence-corrected chi connectivity index (χ2v) is 5.96. The molecule has 2 aromatic rings. The fourth-order valence-electron chi connectivity index (χ4n) is 2.71. The summed E-state index contributed by atoms with van der Waals surface area (Å²) in [7, 11) is 1.67. The predicted octanol–water partition coefficient (Wildman–Crippen LogP) is 3.49. The van der Waals surface area contributed by atoms with E-state index in [-0.39, 0.29) is 12.1 Å². The summed E-state index contributed by atoms with van der Waals surface area (Å²) in [6, 6.07) is 5.50. The zero-order chi connectivity index (χ0) is 21.3. The molecular weight excluding hydrogens is 369 g/mol. The van der Waals surface area contributed by atoms with Crippen molar-refractivity contribution in [3.8, 4) is 0 Å². The number of pyridine rings is 1. The Morgan fingerprint density at radius 3 is 2.32 bits per heavy atom. The number of aliphatic hydroxyl groups is 1. The summed E-state index contributed by atoms with van der Waals surface area (Å²) in [5.74, 6) is 0.954. The first-order chi connectivity index (χ1) is 13.2. The highest BCUT2D eigenvalue weighted by Gasteiger charge is 2.33. The van der Waals surface area contributed by atoms with Gasteiger partial charge in [-0.25, -0.2) is 0 Å². The molecule has 0 saturated carbocycles. The molecule has 1 fully saturated rings. The molecule has 28 heavy (non-hydrogen) atoms.